The average Bonchev–Trinajstić information content (AvgIpc) is 1.52. The number of hydrogen-bond donors (Lipinski definition) is 0. The lowest BCUT2D eigenvalue weighted by Gasteiger charge is -2.40. The van der Waals surface area contributed by atoms with Gasteiger partial charge in [0.1, 0.15) is 0 Å². The molecule has 0 fully saturated rings. The van der Waals surface area contributed by atoms with Gasteiger partial charge in [-0.1, -0.05) is 20.8 Å². The van der Waals surface area contributed by atoms with E-state index in [1.807, 2.05) is 13.8 Å². The van der Waals surface area contributed by atoms with Crippen molar-refractivity contribution in [3.63, 3.8) is 0 Å². The van der Waals surface area contributed by atoms with Gasteiger partial charge in [-0.05, 0) is 57.7 Å². The summed E-state index contributed by atoms with van der Waals surface area (Å²) in [5, 5.41) is 0. The molecule has 0 bridgehead atoms. The molecule has 0 amide bonds. The molecule has 0 aromatic carbocycles. The van der Waals surface area contributed by atoms with Crippen LogP contribution in [0.2, 0.25) is 0 Å². The molecule has 0 aliphatic carbocycles. The van der Waals surface area contributed by atoms with Gasteiger partial charge < -0.3 is 0 Å². The van der Waals surface area contributed by atoms with Crippen molar-refractivity contribution in [1.82, 2.24) is 0 Å². The van der Waals surface area contributed by atoms with Gasteiger partial charge in [-0.3, -0.25) is 0 Å². The van der Waals surface area contributed by atoms with E-state index in [4.69, 9.17) is 32.0 Å². The Morgan fingerprint density at radius 2 is 1.25 bits per heavy atom. The molecule has 0 N–H and O–H groups in total. The third-order valence-corrected chi connectivity index (χ3v) is 6.74. The molecule has 0 unspecified atom stereocenters. The fraction of sp³-hybridized carbons (Fsp3) is 1.00. The van der Waals surface area contributed by atoms with Gasteiger partial charge in [-0.15, -0.1) is 0 Å². The van der Waals surface area contributed by atoms with Crippen molar-refractivity contribution in [3.05, 3.63) is 0 Å². The van der Waals surface area contributed by atoms with Crippen molar-refractivity contribution in [1.29, 1.82) is 0 Å². The lowest BCUT2D eigenvalue weighted by atomic mass is 9.86. The molecule has 0 saturated carbocycles. The SMILES string of the molecule is CC(C)(C)CC(C)(C)S(Cl)(Cl)Cl. The topological polar surface area (TPSA) is 0 Å². The molecular formula is C8H17Cl3S. The molecule has 0 rings (SSSR count). The summed E-state index contributed by atoms with van der Waals surface area (Å²) in [5.74, 6) is 0. The van der Waals surface area contributed by atoms with Crippen molar-refractivity contribution in [2.24, 2.45) is 5.41 Å². The molecule has 76 valence electrons. The maximum atomic E-state index is 5.95. The zero-order valence-corrected chi connectivity index (χ0v) is 11.3. The summed E-state index contributed by atoms with van der Waals surface area (Å²) in [4.78, 5) is 0. The van der Waals surface area contributed by atoms with Gasteiger partial charge in [0.15, 0.2) is 0 Å². The Kier molecular flexibility index (Phi) is 4.15. The lowest BCUT2D eigenvalue weighted by Crippen LogP contribution is -2.26. The number of rotatable bonds is 2. The van der Waals surface area contributed by atoms with Crippen molar-refractivity contribution >= 4 is 39.7 Å². The van der Waals surface area contributed by atoms with E-state index in [-0.39, 0.29) is 10.2 Å². The normalized spacial score (nSPS) is 16.3. The number of halogens is 3. The van der Waals surface area contributed by atoms with Crippen LogP contribution < -0.4 is 0 Å². The number of hydrogen-bond acceptors (Lipinski definition) is 0. The highest BCUT2D eigenvalue weighted by molar-refractivity contribution is 8.79. The Balaban J connectivity index is 4.44. The maximum absolute atomic E-state index is 5.95. The minimum atomic E-state index is -2.02. The molecule has 0 spiro atoms. The van der Waals surface area contributed by atoms with E-state index < -0.39 is 7.67 Å². The Hall–Kier alpha value is 1.22. The summed E-state index contributed by atoms with van der Waals surface area (Å²) >= 11 is 0. The summed E-state index contributed by atoms with van der Waals surface area (Å²) in [6, 6.07) is 0. The average molecular weight is 252 g/mol. The highest BCUT2D eigenvalue weighted by Crippen LogP contribution is 2.73. The van der Waals surface area contributed by atoms with Crippen LogP contribution in [-0.4, -0.2) is 4.75 Å². The second kappa shape index (κ2) is 3.76. The molecule has 0 aromatic rings. The first-order valence-electron chi connectivity index (χ1n) is 3.87. The Labute approximate surface area is 90.8 Å². The first kappa shape index (κ1) is 13.2. The van der Waals surface area contributed by atoms with Gasteiger partial charge in [0.2, 0.25) is 0 Å². The molecule has 0 aliphatic heterocycles. The molecule has 0 saturated heterocycles. The molecule has 0 aromatic heterocycles. The van der Waals surface area contributed by atoms with E-state index in [9.17, 15) is 0 Å². The second-order valence-corrected chi connectivity index (χ2v) is 12.4. The monoisotopic (exact) mass is 250 g/mol. The molecule has 0 heterocycles. The maximum Gasteiger partial charge on any atom is 0.0338 e. The molecule has 0 radical (unpaired) electrons. The van der Waals surface area contributed by atoms with Crippen LogP contribution in [0.25, 0.3) is 0 Å². The summed E-state index contributed by atoms with van der Waals surface area (Å²) in [6.07, 6.45) is 0.922. The van der Waals surface area contributed by atoms with Crippen LogP contribution in [0.4, 0.5) is 0 Å². The molecule has 0 aliphatic rings. The van der Waals surface area contributed by atoms with E-state index in [1.165, 1.54) is 0 Å². The molecule has 12 heavy (non-hydrogen) atoms. The summed E-state index contributed by atoms with van der Waals surface area (Å²) in [5.41, 5.74) is 0.209. The summed E-state index contributed by atoms with van der Waals surface area (Å²) < 4.78 is -0.198. The van der Waals surface area contributed by atoms with Crippen molar-refractivity contribution in [2.45, 2.75) is 45.8 Å². The van der Waals surface area contributed by atoms with Crippen LogP contribution in [0.5, 0.6) is 0 Å². The molecule has 4 heteroatoms. The van der Waals surface area contributed by atoms with Gasteiger partial charge >= 0.3 is 0 Å². The van der Waals surface area contributed by atoms with Crippen LogP contribution in [0.1, 0.15) is 41.0 Å². The summed E-state index contributed by atoms with van der Waals surface area (Å²) in [6.45, 7) is 10.5. The molecular weight excluding hydrogens is 235 g/mol. The summed E-state index contributed by atoms with van der Waals surface area (Å²) in [7, 11) is 15.8. The zero-order chi connectivity index (χ0) is 10.2. The van der Waals surface area contributed by atoms with Gasteiger partial charge in [-0.25, -0.2) is 0 Å². The smallest absolute Gasteiger partial charge is 0.0338 e. The van der Waals surface area contributed by atoms with Crippen molar-refractivity contribution < 1.29 is 0 Å². The lowest BCUT2D eigenvalue weighted by molar-refractivity contribution is 0.339. The van der Waals surface area contributed by atoms with E-state index in [1.54, 1.807) is 0 Å². The fourth-order valence-corrected chi connectivity index (χ4v) is 2.45. The quantitative estimate of drug-likeness (QED) is 0.611. The highest BCUT2D eigenvalue weighted by atomic mass is 36.2. The Morgan fingerprint density at radius 1 is 0.917 bits per heavy atom. The van der Waals surface area contributed by atoms with Crippen LogP contribution >= 0.6 is 39.7 Å². The van der Waals surface area contributed by atoms with Crippen LogP contribution in [-0.2, 0) is 0 Å². The van der Waals surface area contributed by atoms with Crippen LogP contribution in [0.3, 0.4) is 0 Å². The fourth-order valence-electron chi connectivity index (χ4n) is 1.36. The van der Waals surface area contributed by atoms with E-state index >= 15 is 0 Å². The minimum Gasteiger partial charge on any atom is -0.0601 e. The predicted octanol–water partition coefficient (Wildman–Crippen LogP) is 5.47. The van der Waals surface area contributed by atoms with Gasteiger partial charge in [-0.2, -0.15) is 0 Å². The Morgan fingerprint density at radius 3 is 1.33 bits per heavy atom. The third kappa shape index (κ3) is 4.45. The predicted molar refractivity (Wildman–Crippen MR) is 63.3 cm³/mol. The molecule has 0 nitrogen and oxygen atoms in total. The first-order valence-corrected chi connectivity index (χ1v) is 7.99. The Bertz CT molecular complexity index is 153. The zero-order valence-electron chi connectivity index (χ0n) is 8.25. The van der Waals surface area contributed by atoms with Crippen molar-refractivity contribution in [3.8, 4) is 0 Å². The van der Waals surface area contributed by atoms with Crippen molar-refractivity contribution in [2.75, 3.05) is 0 Å². The minimum absolute atomic E-state index is 0.198. The van der Waals surface area contributed by atoms with Gasteiger partial charge in [0.25, 0.3) is 0 Å². The van der Waals surface area contributed by atoms with Crippen LogP contribution in [0, 0.1) is 5.41 Å². The van der Waals surface area contributed by atoms with Gasteiger partial charge in [0, 0.05) is 12.4 Å². The third-order valence-electron chi connectivity index (χ3n) is 1.58. The van der Waals surface area contributed by atoms with Gasteiger partial charge in [0.05, 0.1) is 0 Å². The molecule has 0 atom stereocenters. The van der Waals surface area contributed by atoms with E-state index in [0.717, 1.165) is 6.42 Å². The van der Waals surface area contributed by atoms with Crippen LogP contribution in [0.15, 0.2) is 0 Å². The highest BCUT2D eigenvalue weighted by Gasteiger charge is 2.38. The van der Waals surface area contributed by atoms with E-state index in [2.05, 4.69) is 20.8 Å². The largest absolute Gasteiger partial charge is 0.0601 e. The second-order valence-electron chi connectivity index (χ2n) is 4.90. The first-order chi connectivity index (χ1) is 4.96. The standard InChI is InChI=1S/C8H17Cl3S/c1-7(2,3)6-8(4,5)12(9,10)11/h6H2,1-5H3. The van der Waals surface area contributed by atoms with E-state index in [0.29, 0.717) is 0 Å².